The zero-order valence-electron chi connectivity index (χ0n) is 18.4. The average Bonchev–Trinajstić information content (AvgIpc) is 2.77. The summed E-state index contributed by atoms with van der Waals surface area (Å²) in [4.78, 5) is 30.2. The van der Waals surface area contributed by atoms with E-state index in [9.17, 15) is 14.9 Å². The minimum atomic E-state index is -0.134. The first-order chi connectivity index (χ1) is 15.0. The summed E-state index contributed by atoms with van der Waals surface area (Å²) in [6.07, 6.45) is 6.57. The quantitative estimate of drug-likeness (QED) is 0.414. The Hall–Kier alpha value is -3.26. The number of ketones is 1. The Balaban J connectivity index is 1.87. The van der Waals surface area contributed by atoms with Gasteiger partial charge in [-0.15, -0.1) is 0 Å². The molecule has 2 aromatic carbocycles. The molecule has 0 aliphatic carbocycles. The molecule has 0 unspecified atom stereocenters. The van der Waals surface area contributed by atoms with Crippen molar-refractivity contribution in [1.29, 1.82) is 5.26 Å². The molecule has 3 aromatic rings. The Labute approximate surface area is 183 Å². The highest BCUT2D eigenvalue weighted by Gasteiger charge is 2.14. The van der Waals surface area contributed by atoms with Gasteiger partial charge in [-0.05, 0) is 62.1 Å². The molecule has 5 nitrogen and oxygen atoms in total. The van der Waals surface area contributed by atoms with Crippen molar-refractivity contribution in [2.24, 2.45) is 0 Å². The number of benzene rings is 2. The monoisotopic (exact) mass is 415 g/mol. The van der Waals surface area contributed by atoms with Crippen LogP contribution < -0.4 is 5.56 Å². The van der Waals surface area contributed by atoms with Crippen molar-refractivity contribution in [1.82, 2.24) is 9.55 Å². The van der Waals surface area contributed by atoms with Gasteiger partial charge in [0, 0.05) is 19.3 Å². The number of hydrogen-bond acceptors (Lipinski definition) is 4. The largest absolute Gasteiger partial charge is 0.300 e. The Morgan fingerprint density at radius 1 is 1.06 bits per heavy atom. The van der Waals surface area contributed by atoms with Gasteiger partial charge in [0.05, 0.1) is 28.2 Å². The van der Waals surface area contributed by atoms with Gasteiger partial charge >= 0.3 is 0 Å². The van der Waals surface area contributed by atoms with E-state index in [1.807, 2.05) is 31.2 Å². The smallest absolute Gasteiger partial charge is 0.265 e. The van der Waals surface area contributed by atoms with Gasteiger partial charge in [-0.2, -0.15) is 5.26 Å². The van der Waals surface area contributed by atoms with Gasteiger partial charge < -0.3 is 0 Å². The first-order valence-electron chi connectivity index (χ1n) is 11.1. The molecule has 0 amide bonds. The minimum absolute atomic E-state index is 0.134. The highest BCUT2D eigenvalue weighted by atomic mass is 16.1. The zero-order valence-corrected chi connectivity index (χ0v) is 18.4. The fraction of sp³-hybridized carbons (Fsp3) is 0.385. The van der Waals surface area contributed by atoms with Gasteiger partial charge in [0.1, 0.15) is 11.6 Å². The molecule has 0 N–H and O–H groups in total. The summed E-state index contributed by atoms with van der Waals surface area (Å²) in [5.74, 6) is 0.978. The van der Waals surface area contributed by atoms with Crippen LogP contribution in [-0.2, 0) is 11.2 Å². The lowest BCUT2D eigenvalue weighted by molar-refractivity contribution is -0.119. The number of fused-ring (bicyclic) bond motifs is 1. The summed E-state index contributed by atoms with van der Waals surface area (Å²) in [7, 11) is 0. The van der Waals surface area contributed by atoms with E-state index < -0.39 is 0 Å². The number of nitrogens with zero attached hydrogens (tertiary/aromatic N) is 3. The van der Waals surface area contributed by atoms with Crippen LogP contribution in [0.2, 0.25) is 0 Å². The number of rotatable bonds is 10. The summed E-state index contributed by atoms with van der Waals surface area (Å²) in [6.45, 7) is 4.11. The predicted octanol–water partition coefficient (Wildman–Crippen LogP) is 5.43. The maximum absolute atomic E-state index is 13.3. The van der Waals surface area contributed by atoms with Crippen molar-refractivity contribution in [2.45, 2.75) is 65.2 Å². The fourth-order valence-corrected chi connectivity index (χ4v) is 3.79. The molecule has 0 spiro atoms. The summed E-state index contributed by atoms with van der Waals surface area (Å²) >= 11 is 0. The van der Waals surface area contributed by atoms with Crippen LogP contribution in [0.15, 0.2) is 47.3 Å². The van der Waals surface area contributed by atoms with Crippen LogP contribution in [0.5, 0.6) is 0 Å². The van der Waals surface area contributed by atoms with Crippen LogP contribution in [0.4, 0.5) is 0 Å². The zero-order chi connectivity index (χ0) is 22.2. The summed E-state index contributed by atoms with van der Waals surface area (Å²) in [5.41, 5.74) is 2.74. The number of aromatic nitrogens is 2. The third-order valence-corrected chi connectivity index (χ3v) is 5.49. The number of unbranched alkanes of at least 4 members (excludes halogenated alkanes) is 3. The average molecular weight is 416 g/mol. The molecule has 0 saturated heterocycles. The maximum Gasteiger partial charge on any atom is 0.265 e. The number of Topliss-reactive ketones (excluding diaryl/α,β-unsaturated/α-hetero) is 1. The van der Waals surface area contributed by atoms with Gasteiger partial charge in [0.2, 0.25) is 0 Å². The van der Waals surface area contributed by atoms with Gasteiger partial charge in [-0.25, -0.2) is 4.98 Å². The number of hydrogen-bond donors (Lipinski definition) is 0. The van der Waals surface area contributed by atoms with Crippen molar-refractivity contribution in [2.75, 3.05) is 0 Å². The van der Waals surface area contributed by atoms with E-state index in [0.29, 0.717) is 53.0 Å². The molecule has 3 rings (SSSR count). The molecular formula is C26H29N3O2. The molecule has 0 aliphatic rings. The topological polar surface area (TPSA) is 75.8 Å². The van der Waals surface area contributed by atoms with Gasteiger partial charge in [-0.3, -0.25) is 14.2 Å². The lowest BCUT2D eigenvalue weighted by Gasteiger charge is -2.14. The van der Waals surface area contributed by atoms with Crippen molar-refractivity contribution in [3.8, 4) is 11.8 Å². The van der Waals surface area contributed by atoms with E-state index in [2.05, 4.69) is 13.0 Å². The summed E-state index contributed by atoms with van der Waals surface area (Å²) in [6, 6.07) is 14.8. The molecule has 160 valence electrons. The number of aryl methyl sites for hydroxylation is 2. The van der Waals surface area contributed by atoms with Gasteiger partial charge in [-0.1, -0.05) is 31.9 Å². The van der Waals surface area contributed by atoms with E-state index in [1.54, 1.807) is 22.8 Å². The molecule has 0 saturated carbocycles. The Morgan fingerprint density at radius 3 is 2.58 bits per heavy atom. The molecule has 1 heterocycles. The van der Waals surface area contributed by atoms with E-state index >= 15 is 0 Å². The molecule has 0 bridgehead atoms. The second kappa shape index (κ2) is 10.7. The first-order valence-corrected chi connectivity index (χ1v) is 11.1. The van der Waals surface area contributed by atoms with Crippen molar-refractivity contribution < 1.29 is 4.79 Å². The Kier molecular flexibility index (Phi) is 7.72. The number of nitriles is 1. The second-order valence-corrected chi connectivity index (χ2v) is 8.05. The van der Waals surface area contributed by atoms with Crippen LogP contribution in [0.1, 0.15) is 68.8 Å². The molecule has 0 aliphatic heterocycles. The third-order valence-electron chi connectivity index (χ3n) is 5.49. The summed E-state index contributed by atoms with van der Waals surface area (Å²) in [5, 5.41) is 9.83. The lowest BCUT2D eigenvalue weighted by atomic mass is 10.1. The van der Waals surface area contributed by atoms with Crippen molar-refractivity contribution >= 4 is 16.7 Å². The maximum atomic E-state index is 13.3. The van der Waals surface area contributed by atoms with Crippen LogP contribution in [0.25, 0.3) is 16.6 Å². The molecule has 0 atom stereocenters. The van der Waals surface area contributed by atoms with E-state index in [4.69, 9.17) is 4.98 Å². The SMILES string of the molecule is CCCCCC(=O)CCCCc1nc2cc(C)ccc2c(=O)n1-c1cccc(C#N)c1. The van der Waals surface area contributed by atoms with Crippen LogP contribution in [-0.4, -0.2) is 15.3 Å². The molecule has 0 fully saturated rings. The molecule has 5 heteroatoms. The molecule has 31 heavy (non-hydrogen) atoms. The lowest BCUT2D eigenvalue weighted by Crippen LogP contribution is -2.24. The number of carbonyl (C=O) groups excluding carboxylic acids is 1. The number of carbonyl (C=O) groups is 1. The van der Waals surface area contributed by atoms with Crippen molar-refractivity contribution in [3.05, 3.63) is 69.8 Å². The normalized spacial score (nSPS) is 10.9. The van der Waals surface area contributed by atoms with Gasteiger partial charge in [0.15, 0.2) is 0 Å². The minimum Gasteiger partial charge on any atom is -0.300 e. The summed E-state index contributed by atoms with van der Waals surface area (Å²) < 4.78 is 1.61. The Bertz CT molecular complexity index is 1170. The molecular weight excluding hydrogens is 386 g/mol. The van der Waals surface area contributed by atoms with Crippen LogP contribution in [0.3, 0.4) is 0 Å². The Morgan fingerprint density at radius 2 is 1.84 bits per heavy atom. The molecule has 1 aromatic heterocycles. The van der Waals surface area contributed by atoms with Crippen molar-refractivity contribution in [3.63, 3.8) is 0 Å². The third kappa shape index (κ3) is 5.67. The van der Waals surface area contributed by atoms with E-state index in [0.717, 1.165) is 37.7 Å². The van der Waals surface area contributed by atoms with E-state index in [1.165, 1.54) is 0 Å². The highest BCUT2D eigenvalue weighted by Crippen LogP contribution is 2.17. The predicted molar refractivity (Wildman–Crippen MR) is 123 cm³/mol. The van der Waals surface area contributed by atoms with E-state index in [-0.39, 0.29) is 5.56 Å². The van der Waals surface area contributed by atoms with Gasteiger partial charge in [0.25, 0.3) is 5.56 Å². The van der Waals surface area contributed by atoms with Crippen LogP contribution >= 0.6 is 0 Å². The fourth-order valence-electron chi connectivity index (χ4n) is 3.79. The second-order valence-electron chi connectivity index (χ2n) is 8.05. The van der Waals surface area contributed by atoms with Crippen LogP contribution in [0, 0.1) is 18.3 Å². The molecule has 0 radical (unpaired) electrons. The highest BCUT2D eigenvalue weighted by molar-refractivity contribution is 5.79. The first kappa shape index (κ1) is 22.4. The standard InChI is InChI=1S/C26H29N3O2/c1-3-4-5-11-22(30)12-6-7-13-25-28-24-16-19(2)14-15-23(24)26(31)29(25)21-10-8-9-20(17-21)18-27/h8-10,14-17H,3-7,11-13H2,1-2H3.